The van der Waals surface area contributed by atoms with Gasteiger partial charge in [0.25, 0.3) is 0 Å². The van der Waals surface area contributed by atoms with Gasteiger partial charge < -0.3 is 5.32 Å². The van der Waals surface area contributed by atoms with E-state index < -0.39 is 0 Å². The van der Waals surface area contributed by atoms with Crippen molar-refractivity contribution in [2.24, 2.45) is 0 Å². The molecule has 0 saturated carbocycles. The molecule has 4 rings (SSSR count). The lowest BCUT2D eigenvalue weighted by atomic mass is 9.94. The van der Waals surface area contributed by atoms with Crippen LogP contribution in [0.5, 0.6) is 0 Å². The summed E-state index contributed by atoms with van der Waals surface area (Å²) in [6.07, 6.45) is 2.54. The van der Waals surface area contributed by atoms with E-state index >= 15 is 0 Å². The van der Waals surface area contributed by atoms with E-state index in [9.17, 15) is 4.79 Å². The van der Waals surface area contributed by atoms with Crippen molar-refractivity contribution in [2.45, 2.75) is 24.2 Å². The SMILES string of the molecule is O=C(CCSc1ccccc1)Nc1nc2c(s1)CCc1ccccc1-2. The molecule has 0 fully saturated rings. The van der Waals surface area contributed by atoms with Crippen LogP contribution in [0.15, 0.2) is 59.5 Å². The van der Waals surface area contributed by atoms with Gasteiger partial charge in [0.2, 0.25) is 5.91 Å². The lowest BCUT2D eigenvalue weighted by Gasteiger charge is -2.13. The van der Waals surface area contributed by atoms with Crippen molar-refractivity contribution in [2.75, 3.05) is 11.1 Å². The molecule has 0 aliphatic heterocycles. The van der Waals surface area contributed by atoms with Gasteiger partial charge in [0, 0.05) is 27.5 Å². The minimum atomic E-state index is 0.0304. The molecule has 1 aromatic heterocycles. The van der Waals surface area contributed by atoms with Crippen molar-refractivity contribution < 1.29 is 4.79 Å². The molecule has 126 valence electrons. The number of benzene rings is 2. The second-order valence-corrected chi connectivity index (χ2v) is 8.16. The summed E-state index contributed by atoms with van der Waals surface area (Å²) in [5.74, 6) is 0.798. The zero-order chi connectivity index (χ0) is 17.1. The molecule has 1 amide bonds. The number of aromatic nitrogens is 1. The van der Waals surface area contributed by atoms with Crippen LogP contribution in [0.4, 0.5) is 5.13 Å². The molecule has 1 heterocycles. The normalized spacial score (nSPS) is 12.3. The van der Waals surface area contributed by atoms with E-state index in [0.29, 0.717) is 6.42 Å². The van der Waals surface area contributed by atoms with Gasteiger partial charge in [-0.25, -0.2) is 4.98 Å². The maximum absolute atomic E-state index is 12.2. The molecule has 0 radical (unpaired) electrons. The number of fused-ring (bicyclic) bond motifs is 3. The van der Waals surface area contributed by atoms with Gasteiger partial charge in [-0.3, -0.25) is 4.79 Å². The molecule has 2 aromatic carbocycles. The zero-order valence-corrected chi connectivity index (χ0v) is 15.3. The smallest absolute Gasteiger partial charge is 0.226 e. The highest BCUT2D eigenvalue weighted by Gasteiger charge is 2.21. The number of hydrogen-bond acceptors (Lipinski definition) is 4. The van der Waals surface area contributed by atoms with Crippen molar-refractivity contribution >= 4 is 34.1 Å². The van der Waals surface area contributed by atoms with E-state index in [2.05, 4.69) is 40.6 Å². The Kier molecular flexibility index (Phi) is 4.85. The summed E-state index contributed by atoms with van der Waals surface area (Å²) >= 11 is 3.31. The maximum atomic E-state index is 12.2. The fourth-order valence-electron chi connectivity index (χ4n) is 2.96. The predicted octanol–water partition coefficient (Wildman–Crippen LogP) is 5.03. The van der Waals surface area contributed by atoms with Crippen LogP contribution in [0.2, 0.25) is 0 Å². The molecule has 25 heavy (non-hydrogen) atoms. The van der Waals surface area contributed by atoms with Crippen molar-refractivity contribution in [1.82, 2.24) is 4.98 Å². The summed E-state index contributed by atoms with van der Waals surface area (Å²) in [6.45, 7) is 0. The van der Waals surface area contributed by atoms with Crippen LogP contribution in [0, 0.1) is 0 Å². The van der Waals surface area contributed by atoms with E-state index in [-0.39, 0.29) is 5.91 Å². The highest BCUT2D eigenvalue weighted by molar-refractivity contribution is 7.99. The Morgan fingerprint density at radius 2 is 1.88 bits per heavy atom. The molecule has 1 N–H and O–H groups in total. The van der Waals surface area contributed by atoms with Gasteiger partial charge in [-0.15, -0.1) is 23.1 Å². The Labute approximate surface area is 155 Å². The van der Waals surface area contributed by atoms with Gasteiger partial charge in [-0.2, -0.15) is 0 Å². The Bertz CT molecular complexity index is 890. The number of nitrogens with one attached hydrogen (secondary N) is 1. The summed E-state index contributed by atoms with van der Waals surface area (Å²) in [6, 6.07) is 18.6. The first kappa shape index (κ1) is 16.4. The highest BCUT2D eigenvalue weighted by Crippen LogP contribution is 2.37. The van der Waals surface area contributed by atoms with Gasteiger partial charge in [0.1, 0.15) is 0 Å². The van der Waals surface area contributed by atoms with Gasteiger partial charge >= 0.3 is 0 Å². The molecular formula is C20H18N2OS2. The van der Waals surface area contributed by atoms with E-state index in [4.69, 9.17) is 0 Å². The number of carbonyl (C=O) groups excluding carboxylic acids is 1. The Hall–Kier alpha value is -2.11. The second-order valence-electron chi connectivity index (χ2n) is 5.91. The number of rotatable bonds is 5. The summed E-state index contributed by atoms with van der Waals surface area (Å²) < 4.78 is 0. The Morgan fingerprint density at radius 1 is 1.08 bits per heavy atom. The van der Waals surface area contributed by atoms with Crippen LogP contribution < -0.4 is 5.32 Å². The molecular weight excluding hydrogens is 348 g/mol. The minimum Gasteiger partial charge on any atom is -0.302 e. The summed E-state index contributed by atoms with van der Waals surface area (Å²) in [7, 11) is 0. The number of aryl methyl sites for hydroxylation is 2. The van der Waals surface area contributed by atoms with Crippen molar-refractivity contribution in [3.63, 3.8) is 0 Å². The zero-order valence-electron chi connectivity index (χ0n) is 13.7. The largest absolute Gasteiger partial charge is 0.302 e. The van der Waals surface area contributed by atoms with Crippen LogP contribution in [0.25, 0.3) is 11.3 Å². The number of hydrogen-bond donors (Lipinski definition) is 1. The van der Waals surface area contributed by atoms with E-state index in [1.807, 2.05) is 24.3 Å². The number of carbonyl (C=O) groups is 1. The molecule has 3 aromatic rings. The van der Waals surface area contributed by atoms with Crippen LogP contribution in [0.1, 0.15) is 16.9 Å². The number of amides is 1. The number of nitrogens with zero attached hydrogens (tertiary/aromatic N) is 1. The molecule has 0 saturated heterocycles. The third-order valence-corrected chi connectivity index (χ3v) is 6.22. The molecule has 0 atom stereocenters. The van der Waals surface area contributed by atoms with Gasteiger partial charge in [-0.05, 0) is 30.5 Å². The third kappa shape index (κ3) is 3.78. The Balaban J connectivity index is 1.38. The van der Waals surface area contributed by atoms with Gasteiger partial charge in [-0.1, -0.05) is 42.5 Å². The molecule has 0 unspecified atom stereocenters. The molecule has 0 bridgehead atoms. The van der Waals surface area contributed by atoms with E-state index in [1.54, 1.807) is 23.1 Å². The van der Waals surface area contributed by atoms with Crippen molar-refractivity contribution in [3.05, 3.63) is 65.0 Å². The van der Waals surface area contributed by atoms with Crippen LogP contribution >= 0.6 is 23.1 Å². The maximum Gasteiger partial charge on any atom is 0.226 e. The quantitative estimate of drug-likeness (QED) is 0.644. The van der Waals surface area contributed by atoms with Crippen molar-refractivity contribution in [1.29, 1.82) is 0 Å². The average molecular weight is 367 g/mol. The summed E-state index contributed by atoms with van der Waals surface area (Å²) in [4.78, 5) is 19.3. The van der Waals surface area contributed by atoms with Crippen LogP contribution in [-0.4, -0.2) is 16.6 Å². The molecule has 3 nitrogen and oxygen atoms in total. The minimum absolute atomic E-state index is 0.0304. The summed E-state index contributed by atoms with van der Waals surface area (Å²) in [5.41, 5.74) is 3.60. The van der Waals surface area contributed by atoms with Gasteiger partial charge in [0.05, 0.1) is 5.69 Å². The van der Waals surface area contributed by atoms with E-state index in [1.165, 1.54) is 20.9 Å². The number of thiazole rings is 1. The standard InChI is InChI=1S/C20H18N2OS2/c23-18(12-13-24-15-7-2-1-3-8-15)21-20-22-19-16-9-5-4-6-14(16)10-11-17(19)25-20/h1-9H,10-13H2,(H,21,22,23). The van der Waals surface area contributed by atoms with Crippen molar-refractivity contribution in [3.8, 4) is 11.3 Å². The number of thioether (sulfide) groups is 1. The highest BCUT2D eigenvalue weighted by atomic mass is 32.2. The molecule has 0 spiro atoms. The van der Waals surface area contributed by atoms with E-state index in [0.717, 1.165) is 29.4 Å². The van der Waals surface area contributed by atoms with Gasteiger partial charge in [0.15, 0.2) is 5.13 Å². The first-order valence-corrected chi connectivity index (χ1v) is 10.2. The van der Waals surface area contributed by atoms with Crippen LogP contribution in [-0.2, 0) is 17.6 Å². The average Bonchev–Trinajstić information content (AvgIpc) is 3.05. The second kappa shape index (κ2) is 7.42. The molecule has 1 aliphatic rings. The first-order chi connectivity index (χ1) is 12.3. The molecule has 1 aliphatic carbocycles. The predicted molar refractivity (Wildman–Crippen MR) is 105 cm³/mol. The topological polar surface area (TPSA) is 42.0 Å². The first-order valence-electron chi connectivity index (χ1n) is 8.35. The molecule has 5 heteroatoms. The summed E-state index contributed by atoms with van der Waals surface area (Å²) in [5, 5.41) is 3.69. The number of anilines is 1. The lowest BCUT2D eigenvalue weighted by Crippen LogP contribution is -2.11. The van der Waals surface area contributed by atoms with Crippen LogP contribution in [0.3, 0.4) is 0 Å². The monoisotopic (exact) mass is 366 g/mol. The fourth-order valence-corrected chi connectivity index (χ4v) is 4.83. The fraction of sp³-hybridized carbons (Fsp3) is 0.200. The Morgan fingerprint density at radius 3 is 2.76 bits per heavy atom. The third-order valence-electron chi connectivity index (χ3n) is 4.18. The lowest BCUT2D eigenvalue weighted by molar-refractivity contribution is -0.115.